The summed E-state index contributed by atoms with van der Waals surface area (Å²) in [4.78, 5) is 4.51. The van der Waals surface area contributed by atoms with E-state index in [1.54, 1.807) is 0 Å². The van der Waals surface area contributed by atoms with Crippen LogP contribution in [0.25, 0.3) is 5.65 Å². The molecule has 0 amide bonds. The standard InChI is InChI=1S/C16H23N5/c1-16(2)7-3-4-12(10-16)18-13-15-20-19-14(11-5-6-11)21(15)9-8-17-13/h8-9,11-12H,3-7,10H2,1-2H3,(H,17,18). The van der Waals surface area contributed by atoms with Crippen LogP contribution in [0.5, 0.6) is 0 Å². The third-order valence-corrected chi connectivity index (χ3v) is 4.84. The molecule has 0 aromatic carbocycles. The van der Waals surface area contributed by atoms with E-state index < -0.39 is 0 Å². The molecule has 2 aromatic rings. The number of rotatable bonds is 3. The molecule has 1 atom stereocenters. The highest BCUT2D eigenvalue weighted by atomic mass is 15.3. The Hall–Kier alpha value is -1.65. The first-order valence-corrected chi connectivity index (χ1v) is 8.09. The molecule has 0 spiro atoms. The van der Waals surface area contributed by atoms with E-state index >= 15 is 0 Å². The molecule has 112 valence electrons. The summed E-state index contributed by atoms with van der Waals surface area (Å²) in [6, 6.07) is 0.494. The van der Waals surface area contributed by atoms with E-state index in [1.807, 2.05) is 12.4 Å². The van der Waals surface area contributed by atoms with Gasteiger partial charge in [-0.05, 0) is 37.5 Å². The molecule has 2 aliphatic carbocycles. The topological polar surface area (TPSA) is 55.1 Å². The summed E-state index contributed by atoms with van der Waals surface area (Å²) in [7, 11) is 0. The van der Waals surface area contributed by atoms with Gasteiger partial charge in [0.1, 0.15) is 5.82 Å². The van der Waals surface area contributed by atoms with Crippen molar-refractivity contribution in [2.45, 2.75) is 64.3 Å². The van der Waals surface area contributed by atoms with Gasteiger partial charge >= 0.3 is 0 Å². The Morgan fingerprint density at radius 3 is 2.86 bits per heavy atom. The second kappa shape index (κ2) is 4.68. The van der Waals surface area contributed by atoms with Crippen LogP contribution in [0.1, 0.15) is 64.1 Å². The molecular formula is C16H23N5. The second-order valence-electron chi connectivity index (χ2n) is 7.40. The number of aromatic nitrogens is 4. The lowest BCUT2D eigenvalue weighted by atomic mass is 9.75. The predicted octanol–water partition coefficient (Wildman–Crippen LogP) is 3.38. The largest absolute Gasteiger partial charge is 0.364 e. The van der Waals surface area contributed by atoms with Crippen LogP contribution >= 0.6 is 0 Å². The first-order chi connectivity index (χ1) is 10.1. The summed E-state index contributed by atoms with van der Waals surface area (Å²) < 4.78 is 2.11. The van der Waals surface area contributed by atoms with Gasteiger partial charge in [0.25, 0.3) is 0 Å². The van der Waals surface area contributed by atoms with Crippen LogP contribution in [0, 0.1) is 5.41 Å². The van der Waals surface area contributed by atoms with Gasteiger partial charge in [0.2, 0.25) is 5.65 Å². The van der Waals surface area contributed by atoms with Crippen molar-refractivity contribution in [3.8, 4) is 0 Å². The molecule has 2 aromatic heterocycles. The zero-order valence-electron chi connectivity index (χ0n) is 12.8. The summed E-state index contributed by atoms with van der Waals surface area (Å²) in [5.41, 5.74) is 1.30. The molecule has 2 aliphatic rings. The molecular weight excluding hydrogens is 262 g/mol. The van der Waals surface area contributed by atoms with E-state index in [4.69, 9.17) is 0 Å². The molecule has 4 rings (SSSR count). The van der Waals surface area contributed by atoms with E-state index in [9.17, 15) is 0 Å². The van der Waals surface area contributed by atoms with Crippen molar-refractivity contribution in [3.63, 3.8) is 0 Å². The molecule has 0 radical (unpaired) electrons. The van der Waals surface area contributed by atoms with Crippen LogP contribution in [0.2, 0.25) is 0 Å². The number of anilines is 1. The minimum atomic E-state index is 0.424. The molecule has 2 fully saturated rings. The maximum absolute atomic E-state index is 4.51. The van der Waals surface area contributed by atoms with Gasteiger partial charge in [-0.2, -0.15) is 0 Å². The minimum Gasteiger partial charge on any atom is -0.364 e. The Bertz CT molecular complexity index is 656. The highest BCUT2D eigenvalue weighted by molar-refractivity contribution is 5.62. The third-order valence-electron chi connectivity index (χ3n) is 4.84. The summed E-state index contributed by atoms with van der Waals surface area (Å²) in [5.74, 6) is 2.59. The van der Waals surface area contributed by atoms with Crippen LogP contribution in [-0.2, 0) is 0 Å². The van der Waals surface area contributed by atoms with Gasteiger partial charge in [-0.3, -0.25) is 4.40 Å². The lowest BCUT2D eigenvalue weighted by molar-refractivity contribution is 0.229. The van der Waals surface area contributed by atoms with Crippen molar-refractivity contribution < 1.29 is 0 Å². The Morgan fingerprint density at radius 1 is 1.24 bits per heavy atom. The van der Waals surface area contributed by atoms with E-state index in [-0.39, 0.29) is 0 Å². The monoisotopic (exact) mass is 285 g/mol. The van der Waals surface area contributed by atoms with Crippen LogP contribution < -0.4 is 5.32 Å². The lowest BCUT2D eigenvalue weighted by Gasteiger charge is -2.35. The fourth-order valence-corrected chi connectivity index (χ4v) is 3.58. The minimum absolute atomic E-state index is 0.424. The smallest absolute Gasteiger partial charge is 0.203 e. The van der Waals surface area contributed by atoms with Gasteiger partial charge in [0.05, 0.1) is 0 Å². The van der Waals surface area contributed by atoms with Gasteiger partial charge in [-0.1, -0.05) is 20.3 Å². The summed E-state index contributed by atoms with van der Waals surface area (Å²) >= 11 is 0. The van der Waals surface area contributed by atoms with Crippen LogP contribution in [0.4, 0.5) is 5.82 Å². The Morgan fingerprint density at radius 2 is 2.10 bits per heavy atom. The average molecular weight is 285 g/mol. The number of nitrogens with one attached hydrogen (secondary N) is 1. The Balaban J connectivity index is 1.61. The van der Waals surface area contributed by atoms with Crippen molar-refractivity contribution in [2.75, 3.05) is 5.32 Å². The SMILES string of the molecule is CC1(C)CCCC(Nc2nccn3c(C4CC4)nnc23)C1. The van der Waals surface area contributed by atoms with Crippen molar-refractivity contribution >= 4 is 11.5 Å². The molecule has 21 heavy (non-hydrogen) atoms. The van der Waals surface area contributed by atoms with Crippen molar-refractivity contribution in [2.24, 2.45) is 5.41 Å². The molecule has 5 heteroatoms. The quantitative estimate of drug-likeness (QED) is 0.939. The maximum atomic E-state index is 4.51. The summed E-state index contributed by atoms with van der Waals surface area (Å²) in [5, 5.41) is 12.4. The van der Waals surface area contributed by atoms with E-state index in [0.717, 1.165) is 17.3 Å². The maximum Gasteiger partial charge on any atom is 0.203 e. The number of hydrogen-bond donors (Lipinski definition) is 1. The zero-order chi connectivity index (χ0) is 14.4. The van der Waals surface area contributed by atoms with Gasteiger partial charge in [0, 0.05) is 24.4 Å². The fourth-order valence-electron chi connectivity index (χ4n) is 3.58. The zero-order valence-corrected chi connectivity index (χ0v) is 12.8. The molecule has 5 nitrogen and oxygen atoms in total. The number of fused-ring (bicyclic) bond motifs is 1. The van der Waals surface area contributed by atoms with Crippen molar-refractivity contribution in [3.05, 3.63) is 18.2 Å². The first-order valence-electron chi connectivity index (χ1n) is 8.09. The van der Waals surface area contributed by atoms with E-state index in [0.29, 0.717) is 17.4 Å². The molecule has 0 aliphatic heterocycles. The van der Waals surface area contributed by atoms with Crippen LogP contribution in [-0.4, -0.2) is 25.6 Å². The van der Waals surface area contributed by atoms with Crippen LogP contribution in [0.15, 0.2) is 12.4 Å². The fraction of sp³-hybridized carbons (Fsp3) is 0.688. The highest BCUT2D eigenvalue weighted by Gasteiger charge is 2.31. The highest BCUT2D eigenvalue weighted by Crippen LogP contribution is 2.40. The summed E-state index contributed by atoms with van der Waals surface area (Å²) in [6.45, 7) is 4.72. The van der Waals surface area contributed by atoms with Gasteiger partial charge in [0.15, 0.2) is 5.82 Å². The lowest BCUT2D eigenvalue weighted by Crippen LogP contribution is -2.32. The summed E-state index contributed by atoms with van der Waals surface area (Å²) in [6.07, 6.45) is 11.3. The molecule has 2 heterocycles. The number of nitrogens with zero attached hydrogens (tertiary/aromatic N) is 4. The van der Waals surface area contributed by atoms with E-state index in [1.165, 1.54) is 38.5 Å². The Kier molecular flexibility index (Phi) is 2.91. The predicted molar refractivity (Wildman–Crippen MR) is 82.4 cm³/mol. The van der Waals surface area contributed by atoms with Crippen molar-refractivity contribution in [1.29, 1.82) is 0 Å². The molecule has 0 bridgehead atoms. The number of hydrogen-bond acceptors (Lipinski definition) is 4. The van der Waals surface area contributed by atoms with Crippen molar-refractivity contribution in [1.82, 2.24) is 19.6 Å². The molecule has 2 saturated carbocycles. The molecule has 0 saturated heterocycles. The molecule has 1 unspecified atom stereocenters. The average Bonchev–Trinajstić information content (AvgIpc) is 3.18. The van der Waals surface area contributed by atoms with Crippen LogP contribution in [0.3, 0.4) is 0 Å². The van der Waals surface area contributed by atoms with Gasteiger partial charge in [-0.15, -0.1) is 10.2 Å². The Labute approximate surface area is 125 Å². The molecule has 1 N–H and O–H groups in total. The normalized spacial score (nSPS) is 25.1. The van der Waals surface area contributed by atoms with Gasteiger partial charge < -0.3 is 5.32 Å². The first kappa shape index (κ1) is 13.0. The third kappa shape index (κ3) is 2.49. The van der Waals surface area contributed by atoms with E-state index in [2.05, 4.69) is 38.7 Å². The second-order valence-corrected chi connectivity index (χ2v) is 7.40. The van der Waals surface area contributed by atoms with Gasteiger partial charge in [-0.25, -0.2) is 4.98 Å².